The van der Waals surface area contributed by atoms with Crippen molar-refractivity contribution in [3.63, 3.8) is 0 Å². The number of anilines is 1. The molecular weight excluding hydrogens is 256 g/mol. The van der Waals surface area contributed by atoms with Crippen LogP contribution in [0.2, 0.25) is 5.02 Å². The van der Waals surface area contributed by atoms with Crippen LogP contribution in [0.3, 0.4) is 0 Å². The highest BCUT2D eigenvalue weighted by Gasteiger charge is 2.08. The van der Waals surface area contributed by atoms with E-state index in [1.165, 1.54) is 6.20 Å². The maximum atomic E-state index is 11.7. The summed E-state index contributed by atoms with van der Waals surface area (Å²) in [7, 11) is 0. The highest BCUT2D eigenvalue weighted by molar-refractivity contribution is 6.32. The fraction of sp³-hybridized carbons (Fsp3) is 0.636. The molecule has 0 fully saturated rings. The van der Waals surface area contributed by atoms with Gasteiger partial charge in [-0.2, -0.15) is 5.10 Å². The maximum absolute atomic E-state index is 11.7. The zero-order chi connectivity index (χ0) is 13.4. The first-order chi connectivity index (χ1) is 8.70. The van der Waals surface area contributed by atoms with E-state index in [1.54, 1.807) is 0 Å². The van der Waals surface area contributed by atoms with E-state index in [4.69, 9.17) is 16.7 Å². The van der Waals surface area contributed by atoms with E-state index in [-0.39, 0.29) is 18.2 Å². The van der Waals surface area contributed by atoms with Crippen molar-refractivity contribution in [2.24, 2.45) is 0 Å². The van der Waals surface area contributed by atoms with Crippen molar-refractivity contribution in [2.45, 2.75) is 19.9 Å². The molecule has 0 saturated carbocycles. The van der Waals surface area contributed by atoms with Crippen molar-refractivity contribution in [1.29, 1.82) is 0 Å². The quantitative estimate of drug-likeness (QED) is 0.594. The molecule has 1 heterocycles. The van der Waals surface area contributed by atoms with Crippen LogP contribution in [-0.4, -0.2) is 41.1 Å². The van der Waals surface area contributed by atoms with Gasteiger partial charge < -0.3 is 15.7 Å². The van der Waals surface area contributed by atoms with E-state index < -0.39 is 5.56 Å². The average Bonchev–Trinajstić information content (AvgIpc) is 2.37. The van der Waals surface area contributed by atoms with E-state index in [0.29, 0.717) is 12.2 Å². The number of aliphatic hydroxyl groups is 1. The molecule has 18 heavy (non-hydrogen) atoms. The van der Waals surface area contributed by atoms with Gasteiger partial charge in [0.2, 0.25) is 0 Å². The lowest BCUT2D eigenvalue weighted by Crippen LogP contribution is -2.27. The number of aliphatic hydroxyl groups excluding tert-OH is 1. The Hall–Kier alpha value is -1.11. The summed E-state index contributed by atoms with van der Waals surface area (Å²) >= 11 is 5.94. The van der Waals surface area contributed by atoms with Crippen LogP contribution in [0.15, 0.2) is 11.0 Å². The van der Waals surface area contributed by atoms with Crippen molar-refractivity contribution >= 4 is 17.3 Å². The first-order valence-electron chi connectivity index (χ1n) is 6.01. The lowest BCUT2D eigenvalue weighted by atomic mass is 10.4. The van der Waals surface area contributed by atoms with Crippen LogP contribution in [0.25, 0.3) is 0 Å². The Morgan fingerprint density at radius 2 is 2.22 bits per heavy atom. The third-order valence-corrected chi connectivity index (χ3v) is 2.71. The Morgan fingerprint density at radius 1 is 1.44 bits per heavy atom. The molecule has 0 aromatic carbocycles. The maximum Gasteiger partial charge on any atom is 0.287 e. The Kier molecular flexibility index (Phi) is 6.70. The van der Waals surface area contributed by atoms with Crippen molar-refractivity contribution in [2.75, 3.05) is 31.6 Å². The van der Waals surface area contributed by atoms with Crippen LogP contribution in [0.5, 0.6) is 0 Å². The van der Waals surface area contributed by atoms with Crippen molar-refractivity contribution in [3.05, 3.63) is 21.6 Å². The van der Waals surface area contributed by atoms with E-state index in [2.05, 4.69) is 22.7 Å². The van der Waals surface area contributed by atoms with Gasteiger partial charge in [0.15, 0.2) is 0 Å². The average molecular weight is 275 g/mol. The normalized spacial score (nSPS) is 10.6. The van der Waals surface area contributed by atoms with Gasteiger partial charge in [-0.15, -0.1) is 0 Å². The molecule has 1 aromatic heterocycles. The molecule has 0 unspecified atom stereocenters. The molecule has 0 aliphatic rings. The molecular formula is C11H19ClN4O2. The van der Waals surface area contributed by atoms with Gasteiger partial charge >= 0.3 is 0 Å². The summed E-state index contributed by atoms with van der Waals surface area (Å²) < 4.78 is 1.14. The Labute approximate surface area is 111 Å². The molecule has 0 amide bonds. The van der Waals surface area contributed by atoms with Gasteiger partial charge in [0.1, 0.15) is 5.02 Å². The summed E-state index contributed by atoms with van der Waals surface area (Å²) in [5.74, 6) is 0. The highest BCUT2D eigenvalue weighted by atomic mass is 35.5. The first-order valence-corrected chi connectivity index (χ1v) is 6.39. The highest BCUT2D eigenvalue weighted by Crippen LogP contribution is 2.14. The summed E-state index contributed by atoms with van der Waals surface area (Å²) in [5.41, 5.74) is 0.131. The Bertz CT molecular complexity index is 422. The molecule has 6 nitrogen and oxygen atoms in total. The molecule has 0 saturated heterocycles. The van der Waals surface area contributed by atoms with Crippen LogP contribution in [0.4, 0.5) is 5.69 Å². The molecule has 0 atom stereocenters. The second-order valence-corrected chi connectivity index (χ2v) is 4.18. The van der Waals surface area contributed by atoms with Crippen molar-refractivity contribution in [1.82, 2.24) is 15.1 Å². The fourth-order valence-electron chi connectivity index (χ4n) is 1.43. The number of nitrogens with one attached hydrogen (secondary N) is 2. The van der Waals surface area contributed by atoms with Gasteiger partial charge in [-0.3, -0.25) is 4.79 Å². The smallest absolute Gasteiger partial charge is 0.287 e. The first kappa shape index (κ1) is 14.9. The predicted octanol–water partition coefficient (Wildman–Crippen LogP) is 0.300. The molecule has 7 heteroatoms. The van der Waals surface area contributed by atoms with Gasteiger partial charge in [-0.25, -0.2) is 4.68 Å². The summed E-state index contributed by atoms with van der Waals surface area (Å²) in [6.45, 7) is 4.54. The van der Waals surface area contributed by atoms with E-state index in [1.807, 2.05) is 0 Å². The second kappa shape index (κ2) is 8.07. The van der Waals surface area contributed by atoms with Gasteiger partial charge in [0.25, 0.3) is 5.56 Å². The molecule has 102 valence electrons. The number of nitrogens with zero attached hydrogens (tertiary/aromatic N) is 2. The molecule has 3 N–H and O–H groups in total. The number of halogens is 1. The summed E-state index contributed by atoms with van der Waals surface area (Å²) in [5, 5.41) is 19.1. The van der Waals surface area contributed by atoms with Crippen molar-refractivity contribution in [3.8, 4) is 0 Å². The largest absolute Gasteiger partial charge is 0.394 e. The topological polar surface area (TPSA) is 79.2 Å². The van der Waals surface area contributed by atoms with Gasteiger partial charge in [-0.1, -0.05) is 18.5 Å². The van der Waals surface area contributed by atoms with E-state index in [9.17, 15) is 4.79 Å². The summed E-state index contributed by atoms with van der Waals surface area (Å²) in [6, 6.07) is 0. The van der Waals surface area contributed by atoms with Gasteiger partial charge in [-0.05, 0) is 13.0 Å². The number of hydrogen-bond donors (Lipinski definition) is 3. The molecule has 0 spiro atoms. The van der Waals surface area contributed by atoms with Crippen LogP contribution in [0, 0.1) is 0 Å². The van der Waals surface area contributed by atoms with Crippen LogP contribution in [0.1, 0.15) is 13.3 Å². The van der Waals surface area contributed by atoms with Crippen molar-refractivity contribution < 1.29 is 5.11 Å². The zero-order valence-corrected chi connectivity index (χ0v) is 11.2. The third-order valence-electron chi connectivity index (χ3n) is 2.34. The number of aromatic nitrogens is 2. The van der Waals surface area contributed by atoms with Crippen LogP contribution < -0.4 is 16.2 Å². The minimum atomic E-state index is -0.391. The minimum Gasteiger partial charge on any atom is -0.394 e. The molecule has 0 aliphatic carbocycles. The minimum absolute atomic E-state index is 0.106. The monoisotopic (exact) mass is 274 g/mol. The zero-order valence-electron chi connectivity index (χ0n) is 10.4. The Balaban J connectivity index is 2.57. The summed E-state index contributed by atoms with van der Waals surface area (Å²) in [4.78, 5) is 11.7. The van der Waals surface area contributed by atoms with Gasteiger partial charge in [0.05, 0.1) is 25.0 Å². The lowest BCUT2D eigenvalue weighted by Gasteiger charge is -2.10. The second-order valence-electron chi connectivity index (χ2n) is 3.80. The Morgan fingerprint density at radius 3 is 2.89 bits per heavy atom. The molecule has 0 radical (unpaired) electrons. The molecule has 0 bridgehead atoms. The van der Waals surface area contributed by atoms with Gasteiger partial charge in [0, 0.05) is 13.1 Å². The molecule has 0 aliphatic heterocycles. The third kappa shape index (κ3) is 4.29. The van der Waals surface area contributed by atoms with Crippen LogP contribution >= 0.6 is 11.6 Å². The summed E-state index contributed by atoms with van der Waals surface area (Å²) in [6.07, 6.45) is 2.58. The molecule has 1 aromatic rings. The van der Waals surface area contributed by atoms with E-state index >= 15 is 0 Å². The lowest BCUT2D eigenvalue weighted by molar-refractivity contribution is 0.266. The molecule has 1 rings (SSSR count). The SMILES string of the molecule is CCCNCCNc1cnn(CCO)c(=O)c1Cl. The fourth-order valence-corrected chi connectivity index (χ4v) is 1.64. The predicted molar refractivity (Wildman–Crippen MR) is 72.2 cm³/mol. The van der Waals surface area contributed by atoms with E-state index in [0.717, 1.165) is 24.2 Å². The number of hydrogen-bond acceptors (Lipinski definition) is 5. The number of rotatable bonds is 8. The standard InChI is InChI=1S/C11H19ClN4O2/c1-2-3-13-4-5-14-9-8-15-16(6-7-17)11(18)10(9)12/h8,13-14,17H,2-7H2,1H3. The van der Waals surface area contributed by atoms with Crippen LogP contribution in [-0.2, 0) is 6.54 Å².